The molecule has 2 aromatic carbocycles. The number of nitrogens with zero attached hydrogens (tertiary/aromatic N) is 2. The summed E-state index contributed by atoms with van der Waals surface area (Å²) in [6.07, 6.45) is 1.75. The molecule has 0 aliphatic heterocycles. The van der Waals surface area contributed by atoms with E-state index in [4.69, 9.17) is 5.14 Å². The Kier molecular flexibility index (Phi) is 4.27. The van der Waals surface area contributed by atoms with Gasteiger partial charge in [-0.1, -0.05) is 12.1 Å². The van der Waals surface area contributed by atoms with E-state index in [0.717, 1.165) is 28.1 Å². The molecule has 4 rings (SSSR count). The predicted molar refractivity (Wildman–Crippen MR) is 105 cm³/mol. The molecular weight excluding hydrogens is 384 g/mol. The van der Waals surface area contributed by atoms with E-state index < -0.39 is 15.9 Å². The molecule has 0 aliphatic carbocycles. The third-order valence-corrected chi connectivity index (χ3v) is 6.36. The van der Waals surface area contributed by atoms with Gasteiger partial charge in [-0.15, -0.1) is 11.3 Å². The summed E-state index contributed by atoms with van der Waals surface area (Å²) in [4.78, 5) is 16.7. The minimum atomic E-state index is -3.81. The van der Waals surface area contributed by atoms with Gasteiger partial charge < -0.3 is 5.32 Å². The number of amides is 1. The predicted octanol–water partition coefficient (Wildman–Crippen LogP) is 2.99. The van der Waals surface area contributed by atoms with Crippen molar-refractivity contribution in [1.29, 1.82) is 0 Å². The average molecular weight is 398 g/mol. The number of anilines is 1. The maximum atomic E-state index is 12.3. The minimum Gasteiger partial charge on any atom is -0.322 e. The monoisotopic (exact) mass is 398 g/mol. The quantitative estimate of drug-likeness (QED) is 0.551. The van der Waals surface area contributed by atoms with Gasteiger partial charge in [-0.05, 0) is 42.5 Å². The number of primary sulfonamides is 1. The highest BCUT2D eigenvalue weighted by Gasteiger charge is 2.15. The topological polar surface area (TPSA) is 107 Å². The first-order chi connectivity index (χ1) is 12.9. The van der Waals surface area contributed by atoms with Crippen molar-refractivity contribution in [3.63, 3.8) is 0 Å². The number of aromatic nitrogens is 2. The Bertz CT molecular complexity index is 1240. The van der Waals surface area contributed by atoms with Gasteiger partial charge >= 0.3 is 0 Å². The van der Waals surface area contributed by atoms with Crippen molar-refractivity contribution in [2.75, 3.05) is 5.32 Å². The Labute approximate surface area is 159 Å². The van der Waals surface area contributed by atoms with Gasteiger partial charge in [0.25, 0.3) is 5.91 Å². The number of hydrogen-bond donors (Lipinski definition) is 2. The Balaban J connectivity index is 1.54. The largest absolute Gasteiger partial charge is 0.322 e. The van der Waals surface area contributed by atoms with Crippen LogP contribution in [0, 0.1) is 0 Å². The van der Waals surface area contributed by atoms with E-state index in [1.807, 2.05) is 41.0 Å². The number of nitrogens with one attached hydrogen (secondary N) is 1. The van der Waals surface area contributed by atoms with Crippen molar-refractivity contribution in [3.8, 4) is 5.69 Å². The zero-order valence-electron chi connectivity index (χ0n) is 13.9. The van der Waals surface area contributed by atoms with E-state index >= 15 is 0 Å². The summed E-state index contributed by atoms with van der Waals surface area (Å²) < 4.78 is 24.5. The van der Waals surface area contributed by atoms with Crippen molar-refractivity contribution in [3.05, 3.63) is 71.9 Å². The number of nitrogens with two attached hydrogens (primary N) is 1. The van der Waals surface area contributed by atoms with Crippen molar-refractivity contribution in [1.82, 2.24) is 9.55 Å². The molecule has 0 saturated carbocycles. The highest BCUT2D eigenvalue weighted by molar-refractivity contribution is 7.91. The van der Waals surface area contributed by atoms with E-state index in [9.17, 15) is 13.2 Å². The summed E-state index contributed by atoms with van der Waals surface area (Å²) in [5.74, 6) is -0.401. The van der Waals surface area contributed by atoms with Crippen LogP contribution >= 0.6 is 11.3 Å². The molecule has 1 amide bonds. The molecule has 0 radical (unpaired) electrons. The number of rotatable bonds is 4. The molecule has 7 nitrogen and oxygen atoms in total. The van der Waals surface area contributed by atoms with Crippen LogP contribution in [0.2, 0.25) is 0 Å². The number of carbonyl (C=O) groups excluding carboxylic acids is 1. The van der Waals surface area contributed by atoms with Crippen LogP contribution in [-0.2, 0) is 10.0 Å². The number of sulfonamides is 1. The van der Waals surface area contributed by atoms with Gasteiger partial charge in [0.2, 0.25) is 10.0 Å². The number of para-hydroxylation sites is 2. The van der Waals surface area contributed by atoms with E-state index in [1.54, 1.807) is 18.5 Å². The van der Waals surface area contributed by atoms with Crippen LogP contribution in [0.1, 0.15) is 10.4 Å². The van der Waals surface area contributed by atoms with Gasteiger partial charge in [0.15, 0.2) is 0 Å². The van der Waals surface area contributed by atoms with Crippen LogP contribution < -0.4 is 10.5 Å². The maximum Gasteiger partial charge on any atom is 0.256 e. The minimum absolute atomic E-state index is 0.0463. The van der Waals surface area contributed by atoms with Gasteiger partial charge in [-0.25, -0.2) is 18.5 Å². The third kappa shape index (κ3) is 3.47. The number of thiophene rings is 1. The third-order valence-electron chi connectivity index (χ3n) is 3.97. The number of fused-ring (bicyclic) bond motifs is 1. The average Bonchev–Trinajstić information content (AvgIpc) is 3.30. The summed E-state index contributed by atoms with van der Waals surface area (Å²) in [6.45, 7) is 0. The lowest BCUT2D eigenvalue weighted by molar-refractivity contribution is 0.102. The standard InChI is InChI=1S/C18H14N4O3S2/c19-27(24,25)17-9-12(10-26-17)18(23)21-13-5-7-14(8-6-13)22-11-20-15-3-1-2-4-16(15)22/h1-11H,(H,21,23)(H2,19,24,25). The highest BCUT2D eigenvalue weighted by Crippen LogP contribution is 2.22. The van der Waals surface area contributed by atoms with Crippen LogP contribution in [0.3, 0.4) is 0 Å². The summed E-state index contributed by atoms with van der Waals surface area (Å²) in [6, 6.07) is 16.4. The van der Waals surface area contributed by atoms with Gasteiger partial charge in [0.1, 0.15) is 10.5 Å². The Morgan fingerprint density at radius 3 is 2.56 bits per heavy atom. The SMILES string of the molecule is NS(=O)(=O)c1cc(C(=O)Nc2ccc(-n3cnc4ccccc43)cc2)cs1. The molecule has 0 spiro atoms. The second-order valence-corrected chi connectivity index (χ2v) is 8.50. The summed E-state index contributed by atoms with van der Waals surface area (Å²) in [5, 5.41) is 9.27. The fraction of sp³-hybridized carbons (Fsp3) is 0. The summed E-state index contributed by atoms with van der Waals surface area (Å²) >= 11 is 0.913. The number of hydrogen-bond acceptors (Lipinski definition) is 5. The normalized spacial score (nSPS) is 11.6. The first-order valence-corrected chi connectivity index (χ1v) is 10.3. The lowest BCUT2D eigenvalue weighted by Crippen LogP contribution is -2.12. The molecule has 2 heterocycles. The van der Waals surface area contributed by atoms with Gasteiger partial charge in [-0.2, -0.15) is 0 Å². The zero-order chi connectivity index (χ0) is 19.0. The fourth-order valence-corrected chi connectivity index (χ4v) is 4.24. The second kappa shape index (κ2) is 6.62. The number of benzene rings is 2. The smallest absolute Gasteiger partial charge is 0.256 e. The molecule has 0 saturated heterocycles. The van der Waals surface area contributed by atoms with E-state index in [1.165, 1.54) is 11.4 Å². The van der Waals surface area contributed by atoms with Crippen LogP contribution in [0.5, 0.6) is 0 Å². The maximum absolute atomic E-state index is 12.3. The highest BCUT2D eigenvalue weighted by atomic mass is 32.2. The summed E-state index contributed by atoms with van der Waals surface area (Å²) in [7, 11) is -3.81. The molecule has 2 aromatic heterocycles. The number of imidazole rings is 1. The van der Waals surface area contributed by atoms with Crippen molar-refractivity contribution >= 4 is 44.0 Å². The van der Waals surface area contributed by atoms with Crippen LogP contribution in [0.25, 0.3) is 16.7 Å². The molecule has 0 unspecified atom stereocenters. The van der Waals surface area contributed by atoms with Crippen molar-refractivity contribution in [2.24, 2.45) is 5.14 Å². The van der Waals surface area contributed by atoms with Gasteiger partial charge in [-0.3, -0.25) is 9.36 Å². The molecule has 9 heteroatoms. The molecule has 0 fully saturated rings. The fourth-order valence-electron chi connectivity index (χ4n) is 2.66. The van der Waals surface area contributed by atoms with Gasteiger partial charge in [0.05, 0.1) is 16.6 Å². The molecule has 0 atom stereocenters. The second-order valence-electron chi connectivity index (χ2n) is 5.80. The van der Waals surface area contributed by atoms with E-state index in [0.29, 0.717) is 5.69 Å². The number of carbonyl (C=O) groups is 1. The first-order valence-electron chi connectivity index (χ1n) is 7.87. The summed E-state index contributed by atoms with van der Waals surface area (Å²) in [5.41, 5.74) is 3.64. The van der Waals surface area contributed by atoms with Gasteiger partial charge in [0, 0.05) is 16.8 Å². The lowest BCUT2D eigenvalue weighted by Gasteiger charge is -2.07. The molecule has 4 aromatic rings. The van der Waals surface area contributed by atoms with Crippen molar-refractivity contribution in [2.45, 2.75) is 4.21 Å². The molecule has 0 bridgehead atoms. The zero-order valence-corrected chi connectivity index (χ0v) is 15.5. The Morgan fingerprint density at radius 2 is 1.85 bits per heavy atom. The van der Waals surface area contributed by atoms with Crippen molar-refractivity contribution < 1.29 is 13.2 Å². The van der Waals surface area contributed by atoms with Crippen LogP contribution in [0.15, 0.2) is 70.5 Å². The molecule has 27 heavy (non-hydrogen) atoms. The Morgan fingerprint density at radius 1 is 1.11 bits per heavy atom. The molecule has 136 valence electrons. The first kappa shape index (κ1) is 17.4. The van der Waals surface area contributed by atoms with Crippen LogP contribution in [-0.4, -0.2) is 23.9 Å². The van der Waals surface area contributed by atoms with E-state index in [-0.39, 0.29) is 9.77 Å². The Hall–Kier alpha value is -3.01. The molecular formula is C18H14N4O3S2. The van der Waals surface area contributed by atoms with Crippen LogP contribution in [0.4, 0.5) is 5.69 Å². The lowest BCUT2D eigenvalue weighted by atomic mass is 10.2. The van der Waals surface area contributed by atoms with E-state index in [2.05, 4.69) is 10.3 Å². The molecule has 0 aliphatic rings. The molecule has 3 N–H and O–H groups in total.